The Balaban J connectivity index is 1.39. The van der Waals surface area contributed by atoms with Crippen LogP contribution in [0.4, 0.5) is 5.69 Å². The first-order valence-electron chi connectivity index (χ1n) is 10.5. The summed E-state index contributed by atoms with van der Waals surface area (Å²) in [7, 11) is 0. The van der Waals surface area contributed by atoms with Crippen LogP contribution in [-0.2, 0) is 14.3 Å². The molecule has 1 aromatic carbocycles. The summed E-state index contributed by atoms with van der Waals surface area (Å²) >= 11 is 0. The third-order valence-electron chi connectivity index (χ3n) is 4.98. The highest BCUT2D eigenvalue weighted by Gasteiger charge is 2.19. The standard InChI is InChI=1S/C22H29N5O4/c1-3-20(28)24-18-6-7-19-17(14-18)15-23-22(25-19)31-13-5-8-26-9-11-27(12-10-26)16-21(29)30-4-2/h3,6-7,14-15H,1,4-5,8-13,16H2,2H3,(H,24,28). The first-order chi connectivity index (χ1) is 15.1. The third kappa shape index (κ3) is 7.01. The summed E-state index contributed by atoms with van der Waals surface area (Å²) in [5.41, 5.74) is 1.41. The molecule has 1 aliphatic heterocycles. The van der Waals surface area contributed by atoms with E-state index >= 15 is 0 Å². The smallest absolute Gasteiger partial charge is 0.320 e. The highest BCUT2D eigenvalue weighted by molar-refractivity contribution is 6.00. The molecule has 1 aromatic heterocycles. The van der Waals surface area contributed by atoms with Gasteiger partial charge in [0.05, 0.1) is 25.3 Å². The maximum atomic E-state index is 11.6. The van der Waals surface area contributed by atoms with E-state index in [4.69, 9.17) is 9.47 Å². The lowest BCUT2D eigenvalue weighted by Crippen LogP contribution is -2.48. The number of amides is 1. The van der Waals surface area contributed by atoms with Crippen LogP contribution >= 0.6 is 0 Å². The normalized spacial score (nSPS) is 14.9. The molecule has 2 heterocycles. The van der Waals surface area contributed by atoms with Crippen molar-refractivity contribution < 1.29 is 19.1 Å². The molecule has 1 saturated heterocycles. The van der Waals surface area contributed by atoms with Gasteiger partial charge in [-0.15, -0.1) is 0 Å². The van der Waals surface area contributed by atoms with Gasteiger partial charge in [0, 0.05) is 50.0 Å². The Kier molecular flexibility index (Phi) is 8.31. The van der Waals surface area contributed by atoms with Crippen LogP contribution in [0.1, 0.15) is 13.3 Å². The molecule has 1 fully saturated rings. The van der Waals surface area contributed by atoms with E-state index in [9.17, 15) is 9.59 Å². The van der Waals surface area contributed by atoms with Gasteiger partial charge in [-0.2, -0.15) is 4.98 Å². The number of anilines is 1. The number of fused-ring (bicyclic) bond motifs is 1. The largest absolute Gasteiger partial charge is 0.465 e. The highest BCUT2D eigenvalue weighted by Crippen LogP contribution is 2.19. The molecule has 31 heavy (non-hydrogen) atoms. The summed E-state index contributed by atoms with van der Waals surface area (Å²) in [6.45, 7) is 11.1. The topological polar surface area (TPSA) is 96.9 Å². The lowest BCUT2D eigenvalue weighted by molar-refractivity contribution is -0.144. The van der Waals surface area contributed by atoms with Crippen LogP contribution in [0.5, 0.6) is 6.01 Å². The molecule has 0 atom stereocenters. The number of rotatable bonds is 10. The van der Waals surface area contributed by atoms with Gasteiger partial charge in [0.15, 0.2) is 0 Å². The molecule has 0 aliphatic carbocycles. The molecule has 9 nitrogen and oxygen atoms in total. The fourth-order valence-electron chi connectivity index (χ4n) is 3.37. The van der Waals surface area contributed by atoms with Crippen molar-refractivity contribution in [3.8, 4) is 6.01 Å². The minimum Gasteiger partial charge on any atom is -0.465 e. The molecule has 0 bridgehead atoms. The fourth-order valence-corrected chi connectivity index (χ4v) is 3.37. The van der Waals surface area contributed by atoms with Gasteiger partial charge >= 0.3 is 12.0 Å². The van der Waals surface area contributed by atoms with E-state index in [1.807, 2.05) is 19.1 Å². The molecule has 1 aliphatic rings. The molecular formula is C22H29N5O4. The number of hydrogen-bond donors (Lipinski definition) is 1. The van der Waals surface area contributed by atoms with Crippen LogP contribution < -0.4 is 10.1 Å². The molecule has 166 valence electrons. The van der Waals surface area contributed by atoms with E-state index in [1.54, 1.807) is 12.3 Å². The average molecular weight is 428 g/mol. The Morgan fingerprint density at radius 3 is 2.74 bits per heavy atom. The first kappa shape index (κ1) is 22.6. The van der Waals surface area contributed by atoms with Crippen molar-refractivity contribution in [2.45, 2.75) is 13.3 Å². The van der Waals surface area contributed by atoms with Crippen LogP contribution in [0.15, 0.2) is 37.1 Å². The molecule has 0 radical (unpaired) electrons. The first-order valence-corrected chi connectivity index (χ1v) is 10.5. The van der Waals surface area contributed by atoms with E-state index in [0.717, 1.165) is 50.0 Å². The van der Waals surface area contributed by atoms with Crippen molar-refractivity contribution >= 4 is 28.5 Å². The second-order valence-electron chi connectivity index (χ2n) is 7.24. The number of carbonyl (C=O) groups is 2. The van der Waals surface area contributed by atoms with Crippen molar-refractivity contribution in [3.05, 3.63) is 37.1 Å². The molecule has 3 rings (SSSR count). The zero-order chi connectivity index (χ0) is 22.1. The Morgan fingerprint density at radius 2 is 2.00 bits per heavy atom. The van der Waals surface area contributed by atoms with E-state index < -0.39 is 0 Å². The summed E-state index contributed by atoms with van der Waals surface area (Å²) in [4.78, 5) is 36.1. The molecule has 0 saturated carbocycles. The lowest BCUT2D eigenvalue weighted by Gasteiger charge is -2.33. The summed E-state index contributed by atoms with van der Waals surface area (Å²) in [6, 6.07) is 5.75. The van der Waals surface area contributed by atoms with Crippen LogP contribution in [-0.4, -0.2) is 84.1 Å². The van der Waals surface area contributed by atoms with Gasteiger partial charge in [-0.05, 0) is 37.6 Å². The van der Waals surface area contributed by atoms with Crippen LogP contribution in [0.25, 0.3) is 10.9 Å². The van der Waals surface area contributed by atoms with E-state index in [1.165, 1.54) is 6.08 Å². The second kappa shape index (κ2) is 11.4. The van der Waals surface area contributed by atoms with E-state index in [0.29, 0.717) is 31.5 Å². The molecule has 0 unspecified atom stereocenters. The predicted octanol–water partition coefficient (Wildman–Crippen LogP) is 1.70. The molecule has 1 amide bonds. The third-order valence-corrected chi connectivity index (χ3v) is 4.98. The number of nitrogens with zero attached hydrogens (tertiary/aromatic N) is 4. The number of carbonyl (C=O) groups excluding carboxylic acids is 2. The van der Waals surface area contributed by atoms with Crippen LogP contribution in [0.3, 0.4) is 0 Å². The Bertz CT molecular complexity index is 912. The average Bonchev–Trinajstić information content (AvgIpc) is 2.78. The summed E-state index contributed by atoms with van der Waals surface area (Å²) in [5, 5.41) is 3.53. The maximum Gasteiger partial charge on any atom is 0.320 e. The minimum absolute atomic E-state index is 0.155. The highest BCUT2D eigenvalue weighted by atomic mass is 16.5. The summed E-state index contributed by atoms with van der Waals surface area (Å²) < 4.78 is 10.7. The summed E-state index contributed by atoms with van der Waals surface area (Å²) in [6.07, 6.45) is 3.77. The number of benzene rings is 1. The Labute approximate surface area is 182 Å². The van der Waals surface area contributed by atoms with Crippen molar-refractivity contribution in [1.29, 1.82) is 0 Å². The molecule has 1 N–H and O–H groups in total. The predicted molar refractivity (Wildman–Crippen MR) is 118 cm³/mol. The molecule has 9 heteroatoms. The number of ether oxygens (including phenoxy) is 2. The zero-order valence-corrected chi connectivity index (χ0v) is 17.9. The van der Waals surface area contributed by atoms with Crippen molar-refractivity contribution in [2.24, 2.45) is 0 Å². The van der Waals surface area contributed by atoms with Gasteiger partial charge in [0.1, 0.15) is 0 Å². The van der Waals surface area contributed by atoms with Gasteiger partial charge in [-0.25, -0.2) is 4.98 Å². The van der Waals surface area contributed by atoms with E-state index in [2.05, 4.69) is 31.7 Å². The quantitative estimate of drug-likeness (QED) is 0.348. The number of nitrogens with one attached hydrogen (secondary N) is 1. The van der Waals surface area contributed by atoms with Gasteiger partial charge < -0.3 is 19.7 Å². The maximum absolute atomic E-state index is 11.6. The fraction of sp³-hybridized carbons (Fsp3) is 0.455. The molecule has 0 spiro atoms. The SMILES string of the molecule is C=CC(=O)Nc1ccc2nc(OCCCN3CCN(CC(=O)OCC)CC3)ncc2c1. The number of hydrogen-bond acceptors (Lipinski definition) is 8. The number of esters is 1. The van der Waals surface area contributed by atoms with Crippen molar-refractivity contribution in [3.63, 3.8) is 0 Å². The van der Waals surface area contributed by atoms with Gasteiger partial charge in [-0.1, -0.05) is 6.58 Å². The van der Waals surface area contributed by atoms with Crippen LogP contribution in [0.2, 0.25) is 0 Å². The Morgan fingerprint density at radius 1 is 1.23 bits per heavy atom. The second-order valence-corrected chi connectivity index (χ2v) is 7.24. The van der Waals surface area contributed by atoms with Crippen molar-refractivity contribution in [1.82, 2.24) is 19.8 Å². The lowest BCUT2D eigenvalue weighted by atomic mass is 10.2. The number of piperazine rings is 1. The Hall–Kier alpha value is -3.04. The van der Waals surface area contributed by atoms with Gasteiger partial charge in [0.2, 0.25) is 5.91 Å². The van der Waals surface area contributed by atoms with Crippen LogP contribution in [0, 0.1) is 0 Å². The minimum atomic E-state index is -0.263. The molecule has 2 aromatic rings. The van der Waals surface area contributed by atoms with Gasteiger partial charge in [-0.3, -0.25) is 14.5 Å². The number of aromatic nitrogens is 2. The van der Waals surface area contributed by atoms with Crippen molar-refractivity contribution in [2.75, 3.05) is 57.8 Å². The van der Waals surface area contributed by atoms with E-state index in [-0.39, 0.29) is 11.9 Å². The van der Waals surface area contributed by atoms with Gasteiger partial charge in [0.25, 0.3) is 0 Å². The zero-order valence-electron chi connectivity index (χ0n) is 17.9. The monoisotopic (exact) mass is 427 g/mol. The summed E-state index contributed by atoms with van der Waals surface area (Å²) in [5.74, 6) is -0.418. The molecular weight excluding hydrogens is 398 g/mol.